The number of benzene rings is 2. The molecule has 1 aliphatic heterocycles. The first-order chi connectivity index (χ1) is 19.7. The number of aromatic nitrogens is 1. The minimum Gasteiger partial charge on any atom is -0.386 e. The maximum absolute atomic E-state index is 13.7. The van der Waals surface area contributed by atoms with Gasteiger partial charge >= 0.3 is 6.39 Å². The molecule has 41 heavy (non-hydrogen) atoms. The number of amidine groups is 1. The van der Waals surface area contributed by atoms with E-state index in [0.717, 1.165) is 67.5 Å². The molecule has 1 aromatic heterocycles. The van der Waals surface area contributed by atoms with Gasteiger partial charge in [0.25, 0.3) is 21.8 Å². The van der Waals surface area contributed by atoms with Crippen LogP contribution < -0.4 is 14.6 Å². The molecule has 1 spiro atoms. The molecule has 2 heterocycles. The molecule has 0 unspecified atom stereocenters. The van der Waals surface area contributed by atoms with Gasteiger partial charge in [0, 0.05) is 25.5 Å². The van der Waals surface area contributed by atoms with Crippen molar-refractivity contribution in [3.8, 4) is 11.1 Å². The zero-order valence-electron chi connectivity index (χ0n) is 24.4. The summed E-state index contributed by atoms with van der Waals surface area (Å²) in [5.74, 6) is 1.22. The summed E-state index contributed by atoms with van der Waals surface area (Å²) in [4.78, 5) is 20.7. The van der Waals surface area contributed by atoms with Crippen LogP contribution in [0.1, 0.15) is 68.7 Å². The lowest BCUT2D eigenvalue weighted by molar-refractivity contribution is -0.680. The third kappa shape index (κ3) is 5.67. The number of hydrogen-bond donors (Lipinski definition) is 2. The molecule has 1 amide bonds. The lowest BCUT2D eigenvalue weighted by Crippen LogP contribution is -2.40. The van der Waals surface area contributed by atoms with Crippen molar-refractivity contribution >= 4 is 27.7 Å². The number of amides is 1. The minimum atomic E-state index is -3.94. The van der Waals surface area contributed by atoms with E-state index in [1.165, 1.54) is 6.39 Å². The van der Waals surface area contributed by atoms with E-state index < -0.39 is 15.6 Å². The maximum Gasteiger partial charge on any atom is 0.336 e. The summed E-state index contributed by atoms with van der Waals surface area (Å²) in [5.41, 5.74) is 3.44. The molecule has 3 aromatic rings. The zero-order valence-corrected chi connectivity index (χ0v) is 25.2. The predicted molar refractivity (Wildman–Crippen MR) is 159 cm³/mol. The van der Waals surface area contributed by atoms with Crippen LogP contribution in [-0.2, 0) is 35.0 Å². The van der Waals surface area contributed by atoms with Crippen LogP contribution in [0, 0.1) is 6.92 Å². The number of anilines is 1. The van der Waals surface area contributed by atoms with Crippen molar-refractivity contribution in [1.29, 1.82) is 0 Å². The molecule has 218 valence electrons. The van der Waals surface area contributed by atoms with Gasteiger partial charge in [-0.15, -0.1) is 0 Å². The molecule has 0 saturated heterocycles. The van der Waals surface area contributed by atoms with E-state index in [2.05, 4.69) is 23.0 Å². The Morgan fingerprint density at radius 1 is 1.12 bits per heavy atom. The number of carbonyl (C=O) groups is 1. The van der Waals surface area contributed by atoms with Gasteiger partial charge in [-0.1, -0.05) is 62.6 Å². The van der Waals surface area contributed by atoms with Crippen LogP contribution in [0.15, 0.2) is 63.2 Å². The van der Waals surface area contributed by atoms with Crippen LogP contribution in [0.4, 0.5) is 5.88 Å². The normalized spacial score (nSPS) is 16.5. The smallest absolute Gasteiger partial charge is 0.336 e. The number of aliphatic imine (C=N–C) groups is 1. The van der Waals surface area contributed by atoms with Gasteiger partial charge < -0.3 is 9.73 Å². The van der Waals surface area contributed by atoms with Crippen molar-refractivity contribution in [2.24, 2.45) is 12.0 Å². The van der Waals surface area contributed by atoms with Crippen molar-refractivity contribution in [2.75, 3.05) is 11.8 Å². The number of rotatable bonds is 11. The second-order valence-corrected chi connectivity index (χ2v) is 12.8. The largest absolute Gasteiger partial charge is 0.386 e. The fraction of sp³-hybridized carbons (Fsp3) is 0.452. The van der Waals surface area contributed by atoms with Crippen LogP contribution in [0.2, 0.25) is 0 Å². The molecule has 10 heteroatoms. The molecule has 0 radical (unpaired) electrons. The third-order valence-corrected chi connectivity index (χ3v) is 9.63. The van der Waals surface area contributed by atoms with Gasteiger partial charge in [0.1, 0.15) is 18.4 Å². The lowest BCUT2D eigenvalue weighted by atomic mass is 9.96. The van der Waals surface area contributed by atoms with Crippen molar-refractivity contribution in [3.05, 3.63) is 65.7 Å². The van der Waals surface area contributed by atoms with Gasteiger partial charge in [-0.3, -0.25) is 14.7 Å². The number of nitrogens with zero attached hydrogens (tertiary/aromatic N) is 3. The van der Waals surface area contributed by atoms with Crippen molar-refractivity contribution in [3.63, 3.8) is 0 Å². The van der Waals surface area contributed by atoms with E-state index in [4.69, 9.17) is 9.41 Å². The van der Waals surface area contributed by atoms with E-state index >= 15 is 0 Å². The van der Waals surface area contributed by atoms with Crippen molar-refractivity contribution in [1.82, 2.24) is 10.2 Å². The monoisotopic (exact) mass is 578 g/mol. The first-order valence-corrected chi connectivity index (χ1v) is 15.9. The van der Waals surface area contributed by atoms with Gasteiger partial charge in [0.2, 0.25) is 5.69 Å². The van der Waals surface area contributed by atoms with Crippen LogP contribution in [-0.4, -0.2) is 37.6 Å². The fourth-order valence-corrected chi connectivity index (χ4v) is 7.16. The van der Waals surface area contributed by atoms with E-state index in [9.17, 15) is 13.2 Å². The van der Waals surface area contributed by atoms with E-state index in [0.29, 0.717) is 24.3 Å². The number of aryl methyl sites for hydroxylation is 1. The predicted octanol–water partition coefficient (Wildman–Crippen LogP) is 4.84. The molecule has 0 bridgehead atoms. The minimum absolute atomic E-state index is 0.129. The van der Waals surface area contributed by atoms with Crippen LogP contribution >= 0.6 is 0 Å². The quantitative estimate of drug-likeness (QED) is 0.317. The summed E-state index contributed by atoms with van der Waals surface area (Å²) in [6.07, 6.45) is 8.05. The first kappa shape index (κ1) is 29.0. The van der Waals surface area contributed by atoms with Gasteiger partial charge in [0.15, 0.2) is 0 Å². The Morgan fingerprint density at radius 2 is 1.88 bits per heavy atom. The standard InChI is InChI=1S/C31H40N5O4S/c1-5-6-13-28-33-31(16-9-10-17-31)30(37)36(28)20-23-14-15-25(24(18-23)19-32-3)26-11-7-8-12-27(26)41(38,39)34-29-22(2)35(4)21-40-29/h7-8,11-12,14-15,18,21,32,34H,5-6,9-10,13,16-17,19-20H2,1-4H3/q+1. The molecule has 2 aliphatic rings. The highest BCUT2D eigenvalue weighted by Gasteiger charge is 2.49. The number of oxazole rings is 1. The maximum atomic E-state index is 13.7. The molecule has 1 saturated carbocycles. The average molecular weight is 579 g/mol. The van der Waals surface area contributed by atoms with E-state index in [1.807, 2.05) is 36.2 Å². The SMILES string of the molecule is CCCCC1=NC2(CCCC2)C(=O)N1Cc1ccc(-c2ccccc2S(=O)(=O)Nc2oc[n+](C)c2C)c(CNC)c1. The van der Waals surface area contributed by atoms with Crippen LogP contribution in [0.3, 0.4) is 0 Å². The van der Waals surface area contributed by atoms with E-state index in [-0.39, 0.29) is 16.7 Å². The summed E-state index contributed by atoms with van der Waals surface area (Å²) < 4.78 is 36.9. The van der Waals surface area contributed by atoms with Gasteiger partial charge in [-0.25, -0.2) is 13.1 Å². The van der Waals surface area contributed by atoms with Gasteiger partial charge in [0.05, 0.1) is 11.4 Å². The van der Waals surface area contributed by atoms with E-state index in [1.54, 1.807) is 30.7 Å². The number of carbonyl (C=O) groups excluding carboxylic acids is 1. The number of sulfonamides is 1. The third-order valence-electron chi connectivity index (χ3n) is 8.24. The highest BCUT2D eigenvalue weighted by Crippen LogP contribution is 2.40. The number of nitrogens with one attached hydrogen (secondary N) is 2. The van der Waals surface area contributed by atoms with Crippen molar-refractivity contribution < 1.29 is 22.2 Å². The van der Waals surface area contributed by atoms with Gasteiger partial charge in [-0.2, -0.15) is 4.57 Å². The highest BCUT2D eigenvalue weighted by atomic mass is 32.2. The van der Waals surface area contributed by atoms with Crippen LogP contribution in [0.5, 0.6) is 0 Å². The Labute approximate surface area is 242 Å². The highest BCUT2D eigenvalue weighted by molar-refractivity contribution is 7.92. The van der Waals surface area contributed by atoms with Gasteiger partial charge in [-0.05, 0) is 49.1 Å². The molecule has 2 N–H and O–H groups in total. The second kappa shape index (κ2) is 11.8. The average Bonchev–Trinajstić information content (AvgIpc) is 3.63. The fourth-order valence-electron chi connectivity index (χ4n) is 5.88. The Bertz CT molecular complexity index is 1570. The van der Waals surface area contributed by atoms with Crippen LogP contribution in [0.25, 0.3) is 11.1 Å². The molecular formula is C31H40N5O4S+. The summed E-state index contributed by atoms with van der Waals surface area (Å²) in [5, 5.41) is 3.22. The van der Waals surface area contributed by atoms with Crippen molar-refractivity contribution in [2.45, 2.75) is 82.3 Å². The number of hydrogen-bond acceptors (Lipinski definition) is 6. The summed E-state index contributed by atoms with van der Waals surface area (Å²) >= 11 is 0. The molecule has 1 fully saturated rings. The second-order valence-electron chi connectivity index (χ2n) is 11.1. The molecule has 5 rings (SSSR count). The molecule has 0 atom stereocenters. The first-order valence-electron chi connectivity index (χ1n) is 14.4. The summed E-state index contributed by atoms with van der Waals surface area (Å²) in [6, 6.07) is 13.0. The summed E-state index contributed by atoms with van der Waals surface area (Å²) in [7, 11) is -0.290. The molecule has 1 aliphatic carbocycles. The Kier molecular flexibility index (Phi) is 8.33. The molecule has 2 aromatic carbocycles. The Balaban J connectivity index is 1.47. The number of unbranched alkanes of at least 4 members (excludes halogenated alkanes) is 1. The molecule has 9 nitrogen and oxygen atoms in total. The molecular weight excluding hydrogens is 538 g/mol. The lowest BCUT2D eigenvalue weighted by Gasteiger charge is -2.23. The topological polar surface area (TPSA) is 108 Å². The Hall–Kier alpha value is -3.50. The summed E-state index contributed by atoms with van der Waals surface area (Å²) in [6.45, 7) is 4.93. The zero-order chi connectivity index (χ0) is 29.2. The Morgan fingerprint density at radius 3 is 2.56 bits per heavy atom.